The first-order valence-electron chi connectivity index (χ1n) is 10.4. The maximum Gasteiger partial charge on any atom is 0.120 e. The lowest BCUT2D eigenvalue weighted by atomic mass is 10.1. The zero-order chi connectivity index (χ0) is 20.9. The highest BCUT2D eigenvalue weighted by atomic mass is 16.3. The Balaban J connectivity index is 1.63. The third-order valence-corrected chi connectivity index (χ3v) is 5.70. The van der Waals surface area contributed by atoms with Crippen LogP contribution in [0.25, 0.3) is 6.08 Å². The maximum absolute atomic E-state index is 10.3. The van der Waals surface area contributed by atoms with Crippen molar-refractivity contribution in [3.05, 3.63) is 101 Å². The summed E-state index contributed by atoms with van der Waals surface area (Å²) in [5.74, 6) is 0.667. The van der Waals surface area contributed by atoms with Gasteiger partial charge in [0.1, 0.15) is 11.5 Å². The van der Waals surface area contributed by atoms with Crippen molar-refractivity contribution in [1.29, 1.82) is 0 Å². The van der Waals surface area contributed by atoms with Crippen LogP contribution < -0.4 is 0 Å². The predicted molar refractivity (Wildman–Crippen MR) is 121 cm³/mol. The summed E-state index contributed by atoms with van der Waals surface area (Å²) in [5.41, 5.74) is 4.27. The van der Waals surface area contributed by atoms with Gasteiger partial charge in [-0.05, 0) is 30.2 Å². The van der Waals surface area contributed by atoms with Crippen molar-refractivity contribution in [1.82, 2.24) is 9.80 Å². The standard InChI is InChI=1S/C26H28N2O2/c1-20(17-21-9-3-2-4-10-21)26-27(18-22-11-5-7-13-24(22)29)15-16-28(26)19-23-12-6-8-14-25(23)30/h2-14,17,26,29-30H,15-16,18-19H2,1H3. The van der Waals surface area contributed by atoms with Crippen LogP contribution >= 0.6 is 0 Å². The van der Waals surface area contributed by atoms with Crippen molar-refractivity contribution in [3.8, 4) is 11.5 Å². The molecule has 30 heavy (non-hydrogen) atoms. The van der Waals surface area contributed by atoms with E-state index in [-0.39, 0.29) is 6.17 Å². The second-order valence-electron chi connectivity index (χ2n) is 7.87. The molecule has 0 unspecified atom stereocenters. The number of benzene rings is 3. The fourth-order valence-electron chi connectivity index (χ4n) is 4.25. The summed E-state index contributed by atoms with van der Waals surface area (Å²) < 4.78 is 0. The third-order valence-electron chi connectivity index (χ3n) is 5.70. The topological polar surface area (TPSA) is 46.9 Å². The summed E-state index contributed by atoms with van der Waals surface area (Å²) >= 11 is 0. The highest BCUT2D eigenvalue weighted by molar-refractivity contribution is 5.53. The zero-order valence-electron chi connectivity index (χ0n) is 17.3. The number of aromatic hydroxyl groups is 2. The Labute approximate surface area is 178 Å². The van der Waals surface area contributed by atoms with E-state index in [1.54, 1.807) is 12.1 Å². The van der Waals surface area contributed by atoms with Crippen LogP contribution in [0.2, 0.25) is 0 Å². The second-order valence-corrected chi connectivity index (χ2v) is 7.87. The zero-order valence-corrected chi connectivity index (χ0v) is 17.3. The minimum Gasteiger partial charge on any atom is -0.508 e. The van der Waals surface area contributed by atoms with Gasteiger partial charge in [-0.2, -0.15) is 0 Å². The van der Waals surface area contributed by atoms with Crippen molar-refractivity contribution in [2.24, 2.45) is 0 Å². The van der Waals surface area contributed by atoms with Gasteiger partial charge in [-0.25, -0.2) is 0 Å². The van der Waals surface area contributed by atoms with E-state index in [9.17, 15) is 10.2 Å². The Morgan fingerprint density at radius 1 is 0.767 bits per heavy atom. The summed E-state index contributed by atoms with van der Waals surface area (Å²) in [5, 5.41) is 20.6. The predicted octanol–water partition coefficient (Wildman–Crippen LogP) is 4.85. The molecular weight excluding hydrogens is 372 g/mol. The summed E-state index contributed by atoms with van der Waals surface area (Å²) in [7, 11) is 0. The fraction of sp³-hybridized carbons (Fsp3) is 0.231. The number of nitrogens with zero attached hydrogens (tertiary/aromatic N) is 2. The second kappa shape index (κ2) is 9.16. The van der Waals surface area contributed by atoms with Gasteiger partial charge in [0.05, 0.1) is 6.17 Å². The van der Waals surface area contributed by atoms with Crippen LogP contribution in [0.15, 0.2) is 84.4 Å². The van der Waals surface area contributed by atoms with Crippen molar-refractivity contribution >= 4 is 6.08 Å². The molecule has 0 spiro atoms. The molecule has 154 valence electrons. The number of para-hydroxylation sites is 2. The van der Waals surface area contributed by atoms with Crippen molar-refractivity contribution in [2.45, 2.75) is 26.2 Å². The molecule has 0 aromatic heterocycles. The number of rotatable bonds is 6. The van der Waals surface area contributed by atoms with Crippen LogP contribution in [0, 0.1) is 0 Å². The molecule has 0 saturated carbocycles. The third kappa shape index (κ3) is 4.56. The van der Waals surface area contributed by atoms with Gasteiger partial charge in [-0.1, -0.05) is 72.8 Å². The van der Waals surface area contributed by atoms with Crippen molar-refractivity contribution in [2.75, 3.05) is 13.1 Å². The molecule has 4 rings (SSSR count). The average Bonchev–Trinajstić information content (AvgIpc) is 3.14. The van der Waals surface area contributed by atoms with Gasteiger partial charge in [-0.15, -0.1) is 0 Å². The molecular formula is C26H28N2O2. The maximum atomic E-state index is 10.3. The Morgan fingerprint density at radius 2 is 1.23 bits per heavy atom. The molecule has 4 heteroatoms. The van der Waals surface area contributed by atoms with E-state index in [0.29, 0.717) is 24.6 Å². The molecule has 0 aliphatic carbocycles. The monoisotopic (exact) mass is 400 g/mol. The van der Waals surface area contributed by atoms with Crippen molar-refractivity contribution in [3.63, 3.8) is 0 Å². The van der Waals surface area contributed by atoms with Gasteiger partial charge >= 0.3 is 0 Å². The normalized spacial score (nSPS) is 16.2. The molecule has 0 atom stereocenters. The Bertz CT molecular complexity index is 961. The van der Waals surface area contributed by atoms with E-state index in [4.69, 9.17) is 0 Å². The molecule has 0 amide bonds. The Hall–Kier alpha value is -3.08. The first-order chi connectivity index (χ1) is 14.6. The molecule has 0 bridgehead atoms. The summed E-state index contributed by atoms with van der Waals surface area (Å²) in [6, 6.07) is 25.4. The van der Waals surface area contributed by atoms with Gasteiger partial charge in [0.2, 0.25) is 0 Å². The van der Waals surface area contributed by atoms with E-state index in [2.05, 4.69) is 34.9 Å². The molecule has 3 aromatic carbocycles. The van der Waals surface area contributed by atoms with Crippen LogP contribution in [0.5, 0.6) is 11.5 Å². The lowest BCUT2D eigenvalue weighted by Gasteiger charge is -2.31. The molecule has 3 aromatic rings. The van der Waals surface area contributed by atoms with E-state index in [1.165, 1.54) is 11.1 Å². The molecule has 4 nitrogen and oxygen atoms in total. The highest BCUT2D eigenvalue weighted by Gasteiger charge is 2.33. The summed E-state index contributed by atoms with van der Waals surface area (Å²) in [4.78, 5) is 4.79. The molecule has 1 fully saturated rings. The Kier molecular flexibility index (Phi) is 6.17. The number of hydrogen-bond donors (Lipinski definition) is 2. The van der Waals surface area contributed by atoms with Crippen LogP contribution in [0.3, 0.4) is 0 Å². The highest BCUT2D eigenvalue weighted by Crippen LogP contribution is 2.30. The summed E-state index contributed by atoms with van der Waals surface area (Å²) in [6.45, 7) is 5.31. The lowest BCUT2D eigenvalue weighted by molar-refractivity contribution is 0.155. The molecule has 1 saturated heterocycles. The van der Waals surface area contributed by atoms with E-state index >= 15 is 0 Å². The largest absolute Gasteiger partial charge is 0.508 e. The SMILES string of the molecule is CC(=Cc1ccccc1)C1N(Cc2ccccc2O)CCN1Cc1ccccc1O. The molecule has 1 heterocycles. The van der Waals surface area contributed by atoms with Crippen LogP contribution in [0.1, 0.15) is 23.6 Å². The van der Waals surface area contributed by atoms with E-state index < -0.39 is 0 Å². The molecule has 1 aliphatic rings. The molecule has 0 radical (unpaired) electrons. The fourth-order valence-corrected chi connectivity index (χ4v) is 4.25. The number of phenols is 2. The smallest absolute Gasteiger partial charge is 0.120 e. The average molecular weight is 401 g/mol. The van der Waals surface area contributed by atoms with Crippen LogP contribution in [-0.2, 0) is 13.1 Å². The number of hydrogen-bond acceptors (Lipinski definition) is 4. The summed E-state index contributed by atoms with van der Waals surface area (Å²) in [6.07, 6.45) is 2.32. The lowest BCUT2D eigenvalue weighted by Crippen LogP contribution is -2.39. The van der Waals surface area contributed by atoms with E-state index in [1.807, 2.05) is 54.6 Å². The Morgan fingerprint density at radius 3 is 1.73 bits per heavy atom. The first-order valence-corrected chi connectivity index (χ1v) is 10.4. The minimum atomic E-state index is 0.0874. The first kappa shape index (κ1) is 20.2. The van der Waals surface area contributed by atoms with Gasteiger partial charge in [0, 0.05) is 37.3 Å². The minimum absolute atomic E-state index is 0.0874. The molecule has 2 N–H and O–H groups in total. The van der Waals surface area contributed by atoms with Crippen LogP contribution in [-0.4, -0.2) is 39.3 Å². The van der Waals surface area contributed by atoms with Gasteiger partial charge in [0.25, 0.3) is 0 Å². The van der Waals surface area contributed by atoms with Crippen molar-refractivity contribution < 1.29 is 10.2 Å². The molecule has 1 aliphatic heterocycles. The van der Waals surface area contributed by atoms with Gasteiger partial charge < -0.3 is 10.2 Å². The van der Waals surface area contributed by atoms with Gasteiger partial charge in [-0.3, -0.25) is 9.80 Å². The quantitative estimate of drug-likeness (QED) is 0.621. The van der Waals surface area contributed by atoms with E-state index in [0.717, 1.165) is 24.2 Å². The van der Waals surface area contributed by atoms with Gasteiger partial charge in [0.15, 0.2) is 0 Å². The number of phenolic OH excluding ortho intramolecular Hbond substituents is 2. The van der Waals surface area contributed by atoms with Crippen LogP contribution in [0.4, 0.5) is 0 Å².